The molecule has 0 radical (unpaired) electrons. The van der Waals surface area contributed by atoms with E-state index in [-0.39, 0.29) is 23.0 Å². The fraction of sp³-hybridized carbons (Fsp3) is 0.0811. The van der Waals surface area contributed by atoms with Crippen LogP contribution < -0.4 is 0 Å². The summed E-state index contributed by atoms with van der Waals surface area (Å²) >= 11 is 0. The number of phenols is 4. The molecule has 1 aliphatic rings. The van der Waals surface area contributed by atoms with E-state index in [1.165, 1.54) is 24.6 Å². The van der Waals surface area contributed by atoms with Gasteiger partial charge in [-0.05, 0) is 70.8 Å². The number of hydrogen-bond acceptors (Lipinski definition) is 6. The zero-order valence-electron chi connectivity index (χ0n) is 23.6. The third kappa shape index (κ3) is 4.10. The first-order valence-corrected chi connectivity index (χ1v) is 14.0. The second-order valence-corrected chi connectivity index (χ2v) is 11.0. The number of aliphatic imine (C=N–C) groups is 2. The fourth-order valence-corrected chi connectivity index (χ4v) is 6.11. The van der Waals surface area contributed by atoms with Gasteiger partial charge in [0.1, 0.15) is 0 Å². The molecular weight excluding hydrogens is 536 g/mol. The molecule has 6 aromatic carbocycles. The van der Waals surface area contributed by atoms with Crippen molar-refractivity contribution < 1.29 is 20.4 Å². The summed E-state index contributed by atoms with van der Waals surface area (Å²) in [6, 6.07) is 30.4. The van der Waals surface area contributed by atoms with Crippen molar-refractivity contribution in [1.29, 1.82) is 0 Å². The van der Waals surface area contributed by atoms with Crippen LogP contribution in [0.5, 0.6) is 23.0 Å². The lowest BCUT2D eigenvalue weighted by Gasteiger charge is -2.24. The monoisotopic (exact) mass is 564 g/mol. The van der Waals surface area contributed by atoms with Gasteiger partial charge in [-0.1, -0.05) is 83.9 Å². The summed E-state index contributed by atoms with van der Waals surface area (Å²) < 4.78 is 0. The van der Waals surface area contributed by atoms with Gasteiger partial charge in [0.15, 0.2) is 23.0 Å². The quantitative estimate of drug-likeness (QED) is 0.129. The SMILES string of the molecule is Cc1ccc2c3c(ccc2c1)C(N=Cc1cccc(O)c1O)(N=Cc1cccc(O)c1O)c1ccc2cc(C)ccc2c1-3. The van der Waals surface area contributed by atoms with E-state index in [4.69, 9.17) is 9.98 Å². The summed E-state index contributed by atoms with van der Waals surface area (Å²) in [4.78, 5) is 10.2. The largest absolute Gasteiger partial charge is 0.504 e. The van der Waals surface area contributed by atoms with E-state index in [1.807, 2.05) is 12.1 Å². The Labute approximate surface area is 248 Å². The van der Waals surface area contributed by atoms with E-state index in [0.29, 0.717) is 11.1 Å². The standard InChI is InChI=1S/C37H28N2O4/c1-21-9-13-27-23(17-21)11-15-29-33(27)34-28-14-10-22(2)18-24(28)12-16-30(34)37(29,38-19-25-5-3-7-31(40)35(25)42)39-20-26-6-4-8-32(41)36(26)43/h3-20,40-43H,1-2H3. The smallest absolute Gasteiger partial charge is 0.202 e. The van der Waals surface area contributed by atoms with E-state index in [1.54, 1.807) is 24.3 Å². The number of phenolic OH excluding ortho intramolecular Hbond substituents is 4. The Hall–Kier alpha value is -5.62. The van der Waals surface area contributed by atoms with Gasteiger partial charge in [0.25, 0.3) is 0 Å². The summed E-state index contributed by atoms with van der Waals surface area (Å²) in [7, 11) is 0. The Kier molecular flexibility index (Phi) is 5.95. The highest BCUT2D eigenvalue weighted by Crippen LogP contribution is 2.55. The predicted octanol–water partition coefficient (Wildman–Crippen LogP) is 7.85. The molecule has 0 spiro atoms. The van der Waals surface area contributed by atoms with Crippen molar-refractivity contribution in [1.82, 2.24) is 0 Å². The van der Waals surface area contributed by atoms with Gasteiger partial charge in [0.05, 0.1) is 0 Å². The normalized spacial score (nSPS) is 13.7. The van der Waals surface area contributed by atoms with Crippen LogP contribution in [0.4, 0.5) is 0 Å². The van der Waals surface area contributed by atoms with Crippen LogP contribution in [0.3, 0.4) is 0 Å². The molecule has 1 aliphatic carbocycles. The molecule has 210 valence electrons. The third-order valence-electron chi connectivity index (χ3n) is 8.22. The van der Waals surface area contributed by atoms with E-state index in [0.717, 1.165) is 54.9 Å². The molecule has 0 bridgehead atoms. The van der Waals surface area contributed by atoms with Crippen LogP contribution in [-0.4, -0.2) is 32.9 Å². The van der Waals surface area contributed by atoms with Crippen molar-refractivity contribution in [3.05, 3.63) is 130 Å². The van der Waals surface area contributed by atoms with Gasteiger partial charge in [-0.3, -0.25) is 9.98 Å². The highest BCUT2D eigenvalue weighted by Gasteiger charge is 2.44. The Balaban J connectivity index is 1.60. The lowest BCUT2D eigenvalue weighted by Crippen LogP contribution is -2.21. The number of hydrogen-bond donors (Lipinski definition) is 4. The highest BCUT2D eigenvalue weighted by molar-refractivity contribution is 6.11. The zero-order valence-corrected chi connectivity index (χ0v) is 23.6. The van der Waals surface area contributed by atoms with Gasteiger partial charge in [-0.2, -0.15) is 0 Å². The molecule has 0 fully saturated rings. The number of para-hydroxylation sites is 2. The van der Waals surface area contributed by atoms with Crippen molar-refractivity contribution in [2.45, 2.75) is 19.5 Å². The first-order valence-electron chi connectivity index (χ1n) is 14.0. The molecular formula is C37H28N2O4. The van der Waals surface area contributed by atoms with Gasteiger partial charge in [0, 0.05) is 34.7 Å². The molecule has 0 amide bonds. The topological polar surface area (TPSA) is 106 Å². The molecule has 0 aliphatic heterocycles. The minimum Gasteiger partial charge on any atom is -0.504 e. The Morgan fingerprint density at radius 1 is 0.535 bits per heavy atom. The molecule has 43 heavy (non-hydrogen) atoms. The van der Waals surface area contributed by atoms with Crippen LogP contribution in [0.25, 0.3) is 32.7 Å². The maximum atomic E-state index is 10.6. The molecule has 6 aromatic rings. The number of rotatable bonds is 4. The molecule has 0 aromatic heterocycles. The van der Waals surface area contributed by atoms with Crippen molar-refractivity contribution in [2.75, 3.05) is 0 Å². The van der Waals surface area contributed by atoms with Crippen molar-refractivity contribution >= 4 is 34.0 Å². The van der Waals surface area contributed by atoms with Gasteiger partial charge in [0.2, 0.25) is 5.66 Å². The molecule has 6 heteroatoms. The summed E-state index contributed by atoms with van der Waals surface area (Å²) in [5, 5.41) is 45.9. The van der Waals surface area contributed by atoms with Crippen molar-refractivity contribution in [3.63, 3.8) is 0 Å². The Morgan fingerprint density at radius 3 is 1.42 bits per heavy atom. The summed E-state index contributed by atoms with van der Waals surface area (Å²) in [5.74, 6) is -1.06. The summed E-state index contributed by atoms with van der Waals surface area (Å²) in [6.45, 7) is 4.14. The molecule has 0 atom stereocenters. The number of nitrogens with zero attached hydrogens (tertiary/aromatic N) is 2. The molecule has 0 saturated carbocycles. The Morgan fingerprint density at radius 2 is 0.977 bits per heavy atom. The lowest BCUT2D eigenvalue weighted by molar-refractivity contribution is 0.403. The number of aryl methyl sites for hydroxylation is 2. The molecule has 7 rings (SSSR count). The number of aromatic hydroxyl groups is 4. The van der Waals surface area contributed by atoms with Gasteiger partial charge in [-0.15, -0.1) is 0 Å². The van der Waals surface area contributed by atoms with Crippen LogP contribution in [0.2, 0.25) is 0 Å². The predicted molar refractivity (Wildman–Crippen MR) is 172 cm³/mol. The van der Waals surface area contributed by atoms with Crippen LogP contribution >= 0.6 is 0 Å². The lowest BCUT2D eigenvalue weighted by atomic mass is 9.93. The van der Waals surface area contributed by atoms with Crippen LogP contribution in [-0.2, 0) is 5.66 Å². The molecule has 0 saturated heterocycles. The maximum absolute atomic E-state index is 10.6. The van der Waals surface area contributed by atoms with Gasteiger partial charge in [-0.25, -0.2) is 0 Å². The van der Waals surface area contributed by atoms with E-state index in [2.05, 4.69) is 62.4 Å². The van der Waals surface area contributed by atoms with E-state index < -0.39 is 5.66 Å². The van der Waals surface area contributed by atoms with E-state index in [9.17, 15) is 20.4 Å². The molecule has 6 nitrogen and oxygen atoms in total. The average molecular weight is 565 g/mol. The highest BCUT2D eigenvalue weighted by atomic mass is 16.3. The second kappa shape index (κ2) is 9.74. The summed E-state index contributed by atoms with van der Waals surface area (Å²) in [6.07, 6.45) is 3.04. The number of benzene rings is 6. The van der Waals surface area contributed by atoms with Crippen LogP contribution in [0, 0.1) is 13.8 Å². The third-order valence-corrected chi connectivity index (χ3v) is 8.22. The fourth-order valence-electron chi connectivity index (χ4n) is 6.11. The van der Waals surface area contributed by atoms with Gasteiger partial charge >= 0.3 is 0 Å². The second-order valence-electron chi connectivity index (χ2n) is 11.0. The van der Waals surface area contributed by atoms with Gasteiger partial charge < -0.3 is 20.4 Å². The molecule has 0 heterocycles. The molecule has 0 unspecified atom stereocenters. The zero-order chi connectivity index (χ0) is 29.9. The Bertz CT molecular complexity index is 2010. The average Bonchev–Trinajstić information content (AvgIpc) is 3.28. The maximum Gasteiger partial charge on any atom is 0.202 e. The minimum atomic E-state index is -1.32. The van der Waals surface area contributed by atoms with Crippen molar-refractivity contribution in [2.24, 2.45) is 9.98 Å². The first kappa shape index (κ1) is 26.3. The number of fused-ring (bicyclic) bond motifs is 7. The summed E-state index contributed by atoms with van der Waals surface area (Å²) in [5.41, 5.74) is 5.33. The first-order chi connectivity index (χ1) is 20.8. The molecule has 4 N–H and O–H groups in total. The minimum absolute atomic E-state index is 0.249. The van der Waals surface area contributed by atoms with E-state index >= 15 is 0 Å². The van der Waals surface area contributed by atoms with Crippen LogP contribution in [0.15, 0.2) is 107 Å². The van der Waals surface area contributed by atoms with Crippen LogP contribution in [0.1, 0.15) is 33.4 Å². The van der Waals surface area contributed by atoms with Crippen molar-refractivity contribution in [3.8, 4) is 34.1 Å².